The van der Waals surface area contributed by atoms with Crippen LogP contribution in [0.4, 0.5) is 13.2 Å². The van der Waals surface area contributed by atoms with Gasteiger partial charge in [-0.25, -0.2) is 12.7 Å². The second-order valence-electron chi connectivity index (χ2n) is 4.11. The lowest BCUT2D eigenvalue weighted by Crippen LogP contribution is -2.29. The normalized spacial score (nSPS) is 12.7. The molecule has 10 heteroatoms. The van der Waals surface area contributed by atoms with Crippen molar-refractivity contribution in [2.24, 2.45) is 0 Å². The standard InChI is InChI=1S/C11H11ClF3NO4S/c1-16(5-4-10(17)18)21(19,20)9-6-7(11(13,14)15)2-3-8(9)12/h2-3,6H,4-5H2,1H3,(H,17,18). The molecule has 0 saturated heterocycles. The Morgan fingerprint density at radius 2 is 1.95 bits per heavy atom. The molecule has 0 aliphatic carbocycles. The van der Waals surface area contributed by atoms with E-state index in [1.54, 1.807) is 0 Å². The van der Waals surface area contributed by atoms with Gasteiger partial charge >= 0.3 is 12.1 Å². The first kappa shape index (κ1) is 17.7. The summed E-state index contributed by atoms with van der Waals surface area (Å²) in [5.74, 6) is -1.23. The highest BCUT2D eigenvalue weighted by Gasteiger charge is 2.33. The van der Waals surface area contributed by atoms with Gasteiger partial charge in [-0.3, -0.25) is 4.79 Å². The number of benzene rings is 1. The number of hydrogen-bond acceptors (Lipinski definition) is 3. The Labute approximate surface area is 124 Å². The Balaban J connectivity index is 3.21. The van der Waals surface area contributed by atoms with Crippen molar-refractivity contribution in [2.45, 2.75) is 17.5 Å². The molecule has 1 aromatic rings. The molecule has 0 fully saturated rings. The van der Waals surface area contributed by atoms with E-state index < -0.39 is 39.0 Å². The van der Waals surface area contributed by atoms with Gasteiger partial charge in [-0.2, -0.15) is 13.2 Å². The van der Waals surface area contributed by atoms with Crippen LogP contribution >= 0.6 is 11.6 Å². The maximum absolute atomic E-state index is 12.6. The first-order chi connectivity index (χ1) is 9.46. The SMILES string of the molecule is CN(CCC(=O)O)S(=O)(=O)c1cc(C(F)(F)F)ccc1Cl. The van der Waals surface area contributed by atoms with Crippen LogP contribution in [0.2, 0.25) is 5.02 Å². The minimum absolute atomic E-state index is 0.370. The Morgan fingerprint density at radius 1 is 1.38 bits per heavy atom. The molecule has 0 spiro atoms. The molecule has 1 aromatic carbocycles. The number of sulfonamides is 1. The Morgan fingerprint density at radius 3 is 2.43 bits per heavy atom. The second-order valence-corrected chi connectivity index (χ2v) is 6.53. The van der Waals surface area contributed by atoms with E-state index in [4.69, 9.17) is 16.7 Å². The van der Waals surface area contributed by atoms with Crippen LogP contribution < -0.4 is 0 Å². The molecule has 0 amide bonds. The summed E-state index contributed by atoms with van der Waals surface area (Å²) in [6.07, 6.45) is -5.19. The highest BCUT2D eigenvalue weighted by Crippen LogP contribution is 2.34. The van der Waals surface area contributed by atoms with Crippen molar-refractivity contribution in [1.82, 2.24) is 4.31 Å². The minimum Gasteiger partial charge on any atom is -0.481 e. The van der Waals surface area contributed by atoms with Crippen molar-refractivity contribution in [3.8, 4) is 0 Å². The highest BCUT2D eigenvalue weighted by molar-refractivity contribution is 7.89. The molecule has 0 heterocycles. The van der Waals surface area contributed by atoms with E-state index in [0.29, 0.717) is 16.4 Å². The molecule has 21 heavy (non-hydrogen) atoms. The van der Waals surface area contributed by atoms with E-state index in [9.17, 15) is 26.4 Å². The number of hydrogen-bond donors (Lipinski definition) is 1. The van der Waals surface area contributed by atoms with Crippen molar-refractivity contribution in [1.29, 1.82) is 0 Å². The number of nitrogens with zero attached hydrogens (tertiary/aromatic N) is 1. The number of carboxylic acid groups (broad SMARTS) is 1. The molecule has 0 aromatic heterocycles. The largest absolute Gasteiger partial charge is 0.481 e. The van der Waals surface area contributed by atoms with Crippen LogP contribution in [0, 0.1) is 0 Å². The van der Waals surface area contributed by atoms with E-state index in [1.807, 2.05) is 0 Å². The fourth-order valence-corrected chi connectivity index (χ4v) is 3.09. The summed E-state index contributed by atoms with van der Waals surface area (Å²) >= 11 is 5.65. The minimum atomic E-state index is -4.71. The molecule has 0 radical (unpaired) electrons. The quantitative estimate of drug-likeness (QED) is 0.889. The predicted molar refractivity (Wildman–Crippen MR) is 68.5 cm³/mol. The molecule has 0 unspecified atom stereocenters. The fraction of sp³-hybridized carbons (Fsp3) is 0.364. The number of aliphatic carboxylic acids is 1. The third kappa shape index (κ3) is 4.32. The van der Waals surface area contributed by atoms with Crippen molar-refractivity contribution in [3.63, 3.8) is 0 Å². The Bertz CT molecular complexity index is 645. The lowest BCUT2D eigenvalue weighted by molar-refractivity contribution is -0.138. The number of alkyl halides is 3. The number of carboxylic acids is 1. The van der Waals surface area contributed by atoms with Gasteiger partial charge in [0.1, 0.15) is 4.90 Å². The van der Waals surface area contributed by atoms with Crippen molar-refractivity contribution < 1.29 is 31.5 Å². The van der Waals surface area contributed by atoms with Gasteiger partial charge < -0.3 is 5.11 Å². The molecule has 1 N–H and O–H groups in total. The van der Waals surface area contributed by atoms with Crippen LogP contribution in [-0.4, -0.2) is 37.4 Å². The highest BCUT2D eigenvalue weighted by atomic mass is 35.5. The molecule has 5 nitrogen and oxygen atoms in total. The van der Waals surface area contributed by atoms with Crippen LogP contribution in [0.5, 0.6) is 0 Å². The zero-order valence-electron chi connectivity index (χ0n) is 10.7. The van der Waals surface area contributed by atoms with Gasteiger partial charge in [-0.05, 0) is 18.2 Å². The van der Waals surface area contributed by atoms with Crippen molar-refractivity contribution in [3.05, 3.63) is 28.8 Å². The molecule has 1 rings (SSSR count). The molecule has 0 aliphatic heterocycles. The lowest BCUT2D eigenvalue weighted by Gasteiger charge is -2.18. The van der Waals surface area contributed by atoms with Crippen LogP contribution in [-0.2, 0) is 21.0 Å². The maximum Gasteiger partial charge on any atom is 0.416 e. The first-order valence-electron chi connectivity index (χ1n) is 5.51. The summed E-state index contributed by atoms with van der Waals surface area (Å²) in [4.78, 5) is 9.71. The fourth-order valence-electron chi connectivity index (χ4n) is 1.42. The van der Waals surface area contributed by atoms with Crippen LogP contribution in [0.1, 0.15) is 12.0 Å². The maximum atomic E-state index is 12.6. The van der Waals surface area contributed by atoms with Gasteiger partial charge in [0.15, 0.2) is 0 Å². The number of halogens is 4. The molecule has 0 aliphatic rings. The van der Waals surface area contributed by atoms with Crippen molar-refractivity contribution in [2.75, 3.05) is 13.6 Å². The summed E-state index contributed by atoms with van der Waals surface area (Å²) in [5, 5.41) is 8.14. The van der Waals surface area contributed by atoms with E-state index >= 15 is 0 Å². The number of carbonyl (C=O) groups is 1. The molecular formula is C11H11ClF3NO4S. The average molecular weight is 346 g/mol. The van der Waals surface area contributed by atoms with Gasteiger partial charge in [-0.1, -0.05) is 11.6 Å². The van der Waals surface area contributed by atoms with E-state index in [2.05, 4.69) is 0 Å². The summed E-state index contributed by atoms with van der Waals surface area (Å²) < 4.78 is 62.7. The summed E-state index contributed by atoms with van der Waals surface area (Å²) in [6, 6.07) is 1.93. The zero-order chi connectivity index (χ0) is 16.4. The predicted octanol–water partition coefficient (Wildman–Crippen LogP) is 2.45. The van der Waals surface area contributed by atoms with Gasteiger partial charge in [0.05, 0.1) is 17.0 Å². The van der Waals surface area contributed by atoms with E-state index in [0.717, 1.165) is 13.1 Å². The van der Waals surface area contributed by atoms with Gasteiger partial charge in [0.2, 0.25) is 10.0 Å². The van der Waals surface area contributed by atoms with Crippen molar-refractivity contribution >= 4 is 27.6 Å². The van der Waals surface area contributed by atoms with Crippen LogP contribution in [0.3, 0.4) is 0 Å². The molecule has 0 atom stereocenters. The summed E-state index contributed by atoms with van der Waals surface area (Å²) in [7, 11) is -3.25. The first-order valence-corrected chi connectivity index (χ1v) is 7.33. The van der Waals surface area contributed by atoms with E-state index in [-0.39, 0.29) is 11.6 Å². The van der Waals surface area contributed by atoms with Crippen LogP contribution in [0.25, 0.3) is 0 Å². The second kappa shape index (κ2) is 6.20. The summed E-state index contributed by atoms with van der Waals surface area (Å²) in [5.41, 5.74) is -1.16. The monoisotopic (exact) mass is 345 g/mol. The third-order valence-corrected chi connectivity index (χ3v) is 4.93. The average Bonchev–Trinajstić information content (AvgIpc) is 2.34. The molecular weight excluding hydrogens is 335 g/mol. The lowest BCUT2D eigenvalue weighted by atomic mass is 10.2. The smallest absolute Gasteiger partial charge is 0.416 e. The van der Waals surface area contributed by atoms with E-state index in [1.165, 1.54) is 0 Å². The van der Waals surface area contributed by atoms with Gasteiger partial charge in [0, 0.05) is 13.6 Å². The Hall–Kier alpha value is -1.32. The third-order valence-electron chi connectivity index (χ3n) is 2.59. The zero-order valence-corrected chi connectivity index (χ0v) is 12.3. The summed E-state index contributed by atoms with van der Waals surface area (Å²) in [6.45, 7) is -0.385. The van der Waals surface area contributed by atoms with Gasteiger partial charge in [-0.15, -0.1) is 0 Å². The molecule has 118 valence electrons. The van der Waals surface area contributed by atoms with Gasteiger partial charge in [0.25, 0.3) is 0 Å². The molecule has 0 saturated carbocycles. The Kier molecular flexibility index (Phi) is 5.24. The number of rotatable bonds is 5. The topological polar surface area (TPSA) is 74.7 Å². The van der Waals surface area contributed by atoms with Crippen LogP contribution in [0.15, 0.2) is 23.1 Å². The molecule has 0 bridgehead atoms.